The smallest absolute Gasteiger partial charge is 0.0498 e. The van der Waals surface area contributed by atoms with E-state index in [0.29, 0.717) is 6.54 Å². The van der Waals surface area contributed by atoms with E-state index in [2.05, 4.69) is 54.2 Å². The number of nitrogens with one attached hydrogen (secondary N) is 1. The summed E-state index contributed by atoms with van der Waals surface area (Å²) in [5.74, 6) is 0.777. The Labute approximate surface area is 118 Å². The highest BCUT2D eigenvalue weighted by molar-refractivity contribution is 9.10. The summed E-state index contributed by atoms with van der Waals surface area (Å²) in [6.45, 7) is 7.30. The van der Waals surface area contributed by atoms with Gasteiger partial charge < -0.3 is 11.1 Å². The van der Waals surface area contributed by atoms with Crippen molar-refractivity contribution in [2.24, 2.45) is 11.7 Å². The molecule has 3 heteroatoms. The summed E-state index contributed by atoms with van der Waals surface area (Å²) in [5.41, 5.74) is 9.87. The van der Waals surface area contributed by atoms with Crippen molar-refractivity contribution in [1.82, 2.24) is 0 Å². The Kier molecular flexibility index (Phi) is 4.02. The van der Waals surface area contributed by atoms with Gasteiger partial charge in [0.1, 0.15) is 0 Å². The van der Waals surface area contributed by atoms with Crippen LogP contribution in [0, 0.1) is 19.8 Å². The zero-order chi connectivity index (χ0) is 13.3. The number of rotatable bonds is 3. The number of benzene rings is 1. The van der Waals surface area contributed by atoms with Crippen molar-refractivity contribution in [2.45, 2.75) is 45.6 Å². The molecule has 2 nitrogen and oxygen atoms in total. The summed E-state index contributed by atoms with van der Waals surface area (Å²) in [5, 5.41) is 3.70. The van der Waals surface area contributed by atoms with Crippen LogP contribution in [0.25, 0.3) is 0 Å². The third kappa shape index (κ3) is 2.72. The molecule has 0 amide bonds. The van der Waals surface area contributed by atoms with E-state index < -0.39 is 0 Å². The lowest BCUT2D eigenvalue weighted by molar-refractivity contribution is 0.470. The van der Waals surface area contributed by atoms with Crippen molar-refractivity contribution >= 4 is 21.6 Å². The maximum absolute atomic E-state index is 6.01. The van der Waals surface area contributed by atoms with Crippen molar-refractivity contribution < 1.29 is 0 Å². The second-order valence-electron chi connectivity index (χ2n) is 5.88. The van der Waals surface area contributed by atoms with E-state index in [4.69, 9.17) is 5.73 Å². The molecule has 1 aliphatic carbocycles. The van der Waals surface area contributed by atoms with Gasteiger partial charge in [-0.2, -0.15) is 0 Å². The van der Waals surface area contributed by atoms with E-state index in [9.17, 15) is 0 Å². The van der Waals surface area contributed by atoms with Crippen LogP contribution >= 0.6 is 15.9 Å². The van der Waals surface area contributed by atoms with E-state index >= 15 is 0 Å². The molecule has 3 N–H and O–H groups in total. The molecule has 0 heterocycles. The number of nitrogens with two attached hydrogens (primary N) is 1. The van der Waals surface area contributed by atoms with Crippen LogP contribution in [0.2, 0.25) is 0 Å². The number of halogens is 1. The molecule has 2 unspecified atom stereocenters. The molecule has 100 valence electrons. The van der Waals surface area contributed by atoms with Gasteiger partial charge in [-0.25, -0.2) is 0 Å². The monoisotopic (exact) mass is 310 g/mol. The summed E-state index contributed by atoms with van der Waals surface area (Å²) in [7, 11) is 0. The minimum absolute atomic E-state index is 0.103. The second kappa shape index (κ2) is 5.22. The van der Waals surface area contributed by atoms with Crippen LogP contribution in [0.1, 0.15) is 37.3 Å². The average molecular weight is 311 g/mol. The van der Waals surface area contributed by atoms with Gasteiger partial charge in [0.05, 0.1) is 0 Å². The van der Waals surface area contributed by atoms with Gasteiger partial charge in [0, 0.05) is 22.2 Å². The average Bonchev–Trinajstić information content (AvgIpc) is 2.68. The summed E-state index contributed by atoms with van der Waals surface area (Å²) in [4.78, 5) is 0. The molecule has 0 spiro atoms. The van der Waals surface area contributed by atoms with Crippen LogP contribution in [-0.4, -0.2) is 12.1 Å². The highest BCUT2D eigenvalue weighted by Gasteiger charge is 2.36. The van der Waals surface area contributed by atoms with Gasteiger partial charge in [0.2, 0.25) is 0 Å². The highest BCUT2D eigenvalue weighted by atomic mass is 79.9. The van der Waals surface area contributed by atoms with E-state index in [1.165, 1.54) is 40.5 Å². The lowest BCUT2D eigenvalue weighted by atomic mass is 9.95. The molecule has 1 aromatic carbocycles. The first kappa shape index (κ1) is 13.9. The molecule has 2 rings (SSSR count). The van der Waals surface area contributed by atoms with Gasteiger partial charge in [0.25, 0.3) is 0 Å². The summed E-state index contributed by atoms with van der Waals surface area (Å²) in [6, 6.07) is 4.41. The van der Waals surface area contributed by atoms with Crippen LogP contribution < -0.4 is 11.1 Å². The van der Waals surface area contributed by atoms with Crippen molar-refractivity contribution in [3.63, 3.8) is 0 Å². The third-order valence-electron chi connectivity index (χ3n) is 4.09. The Morgan fingerprint density at radius 3 is 2.44 bits per heavy atom. The molecule has 1 fully saturated rings. The zero-order valence-corrected chi connectivity index (χ0v) is 13.1. The Hall–Kier alpha value is -0.540. The quantitative estimate of drug-likeness (QED) is 0.885. The van der Waals surface area contributed by atoms with Gasteiger partial charge in [-0.15, -0.1) is 0 Å². The second-order valence-corrected chi connectivity index (χ2v) is 6.67. The fourth-order valence-corrected chi connectivity index (χ4v) is 3.30. The molecule has 0 aliphatic heterocycles. The Morgan fingerprint density at radius 2 is 2.00 bits per heavy atom. The summed E-state index contributed by atoms with van der Waals surface area (Å²) in [6.07, 6.45) is 3.63. The molecule has 1 aromatic rings. The molecule has 0 radical (unpaired) electrons. The van der Waals surface area contributed by atoms with Crippen LogP contribution in [0.3, 0.4) is 0 Å². The Morgan fingerprint density at radius 1 is 1.39 bits per heavy atom. The molecule has 1 saturated carbocycles. The van der Waals surface area contributed by atoms with Crippen molar-refractivity contribution in [2.75, 3.05) is 11.9 Å². The SMILES string of the molecule is Cc1cc(NC2(CN)CCC(C)C2)cc(C)c1Br. The van der Waals surface area contributed by atoms with Crippen molar-refractivity contribution in [1.29, 1.82) is 0 Å². The van der Waals surface area contributed by atoms with E-state index in [1.807, 2.05) is 0 Å². The molecular formula is C15H23BrN2. The molecular weight excluding hydrogens is 288 g/mol. The lowest BCUT2D eigenvalue weighted by Crippen LogP contribution is -2.43. The van der Waals surface area contributed by atoms with E-state index in [0.717, 1.165) is 5.92 Å². The minimum Gasteiger partial charge on any atom is -0.378 e. The number of anilines is 1. The predicted octanol–water partition coefficient (Wildman–Crippen LogP) is 4.00. The Balaban J connectivity index is 2.23. The van der Waals surface area contributed by atoms with Crippen LogP contribution in [0.5, 0.6) is 0 Å². The first-order valence-electron chi connectivity index (χ1n) is 6.71. The maximum atomic E-state index is 6.01. The molecule has 0 saturated heterocycles. The van der Waals surface area contributed by atoms with Crippen LogP contribution in [-0.2, 0) is 0 Å². The van der Waals surface area contributed by atoms with E-state index in [1.54, 1.807) is 0 Å². The van der Waals surface area contributed by atoms with Crippen molar-refractivity contribution in [3.8, 4) is 0 Å². The lowest BCUT2D eigenvalue weighted by Gasteiger charge is -2.31. The Bertz CT molecular complexity index is 421. The molecule has 0 bridgehead atoms. The zero-order valence-electron chi connectivity index (χ0n) is 11.5. The first-order valence-corrected chi connectivity index (χ1v) is 7.50. The fraction of sp³-hybridized carbons (Fsp3) is 0.600. The molecule has 18 heavy (non-hydrogen) atoms. The van der Waals surface area contributed by atoms with Crippen molar-refractivity contribution in [3.05, 3.63) is 27.7 Å². The molecule has 1 aliphatic rings. The van der Waals surface area contributed by atoms with Crippen LogP contribution in [0.4, 0.5) is 5.69 Å². The van der Waals surface area contributed by atoms with Crippen LogP contribution in [0.15, 0.2) is 16.6 Å². The van der Waals surface area contributed by atoms with Gasteiger partial charge in [-0.1, -0.05) is 22.9 Å². The number of hydrogen-bond donors (Lipinski definition) is 2. The topological polar surface area (TPSA) is 38.0 Å². The number of hydrogen-bond acceptors (Lipinski definition) is 2. The standard InChI is InChI=1S/C15H23BrN2/c1-10-4-5-15(8-10,9-17)18-13-6-11(2)14(16)12(3)7-13/h6-7,10,18H,4-5,8-9,17H2,1-3H3. The van der Waals surface area contributed by atoms with Gasteiger partial charge in [0.15, 0.2) is 0 Å². The largest absolute Gasteiger partial charge is 0.378 e. The normalized spacial score (nSPS) is 27.5. The summed E-state index contributed by atoms with van der Waals surface area (Å²) >= 11 is 3.61. The van der Waals surface area contributed by atoms with Gasteiger partial charge in [-0.3, -0.25) is 0 Å². The third-order valence-corrected chi connectivity index (χ3v) is 5.34. The maximum Gasteiger partial charge on any atom is 0.0498 e. The fourth-order valence-electron chi connectivity index (χ4n) is 3.07. The molecule has 0 aromatic heterocycles. The summed E-state index contributed by atoms with van der Waals surface area (Å²) < 4.78 is 1.20. The minimum atomic E-state index is 0.103. The molecule has 2 atom stereocenters. The van der Waals surface area contributed by atoms with Gasteiger partial charge in [-0.05, 0) is 62.3 Å². The predicted molar refractivity (Wildman–Crippen MR) is 82.0 cm³/mol. The first-order chi connectivity index (χ1) is 8.46. The number of aryl methyl sites for hydroxylation is 2. The highest BCUT2D eigenvalue weighted by Crippen LogP contribution is 2.37. The van der Waals surface area contributed by atoms with Gasteiger partial charge >= 0.3 is 0 Å². The van der Waals surface area contributed by atoms with E-state index in [-0.39, 0.29) is 5.54 Å².